The molecule has 1 heterocycles. The van der Waals surface area contributed by atoms with Crippen molar-refractivity contribution in [2.24, 2.45) is 5.73 Å². The fourth-order valence-corrected chi connectivity index (χ4v) is 2.31. The van der Waals surface area contributed by atoms with Crippen LogP contribution in [0.25, 0.3) is 16.6 Å². The quantitative estimate of drug-likeness (QED) is 0.772. The van der Waals surface area contributed by atoms with Gasteiger partial charge in [0.15, 0.2) is 0 Å². The minimum atomic E-state index is -0.958. The molecule has 5 heteroatoms. The van der Waals surface area contributed by atoms with Gasteiger partial charge in [0.1, 0.15) is 0 Å². The number of primary amides is 1. The van der Waals surface area contributed by atoms with Crippen LogP contribution in [0.4, 0.5) is 0 Å². The Morgan fingerprint density at radius 2 is 1.81 bits per heavy atom. The van der Waals surface area contributed by atoms with E-state index in [2.05, 4.69) is 0 Å². The summed E-state index contributed by atoms with van der Waals surface area (Å²) in [7, 11) is 0. The highest BCUT2D eigenvalue weighted by atomic mass is 16.4. The van der Waals surface area contributed by atoms with Crippen LogP contribution in [0, 0.1) is 0 Å². The molecule has 0 saturated heterocycles. The van der Waals surface area contributed by atoms with Crippen molar-refractivity contribution in [3.05, 3.63) is 65.9 Å². The van der Waals surface area contributed by atoms with E-state index >= 15 is 0 Å². The lowest BCUT2D eigenvalue weighted by molar-refractivity contribution is 0.0697. The number of amides is 1. The van der Waals surface area contributed by atoms with Crippen LogP contribution in [-0.2, 0) is 0 Å². The third kappa shape index (κ3) is 2.25. The van der Waals surface area contributed by atoms with Crippen LogP contribution >= 0.6 is 0 Å². The number of carbonyl (C=O) groups excluding carboxylic acids is 1. The summed E-state index contributed by atoms with van der Waals surface area (Å²) in [5.74, 6) is -1.44. The number of hydrogen-bond acceptors (Lipinski definition) is 2. The Bertz CT molecular complexity index is 865. The third-order valence-electron chi connectivity index (χ3n) is 3.35. The molecule has 0 aliphatic rings. The predicted molar refractivity (Wildman–Crippen MR) is 78.8 cm³/mol. The van der Waals surface area contributed by atoms with Gasteiger partial charge in [-0.2, -0.15) is 0 Å². The van der Waals surface area contributed by atoms with E-state index in [-0.39, 0.29) is 5.56 Å². The second-order valence-electron chi connectivity index (χ2n) is 4.68. The molecule has 3 rings (SSSR count). The molecule has 0 saturated carbocycles. The van der Waals surface area contributed by atoms with Gasteiger partial charge in [-0.15, -0.1) is 0 Å². The van der Waals surface area contributed by atoms with E-state index in [1.807, 2.05) is 22.9 Å². The van der Waals surface area contributed by atoms with Crippen molar-refractivity contribution in [3.8, 4) is 5.69 Å². The molecule has 3 N–H and O–H groups in total. The Labute approximate surface area is 120 Å². The monoisotopic (exact) mass is 280 g/mol. The summed E-state index contributed by atoms with van der Waals surface area (Å²) in [5.41, 5.74) is 7.62. The van der Waals surface area contributed by atoms with E-state index in [1.165, 1.54) is 0 Å². The SMILES string of the molecule is NC(=O)c1cccc(-n2ccc3cc(C(=O)O)ccc32)c1. The van der Waals surface area contributed by atoms with Gasteiger partial charge < -0.3 is 15.4 Å². The van der Waals surface area contributed by atoms with Crippen LogP contribution in [0.5, 0.6) is 0 Å². The maximum atomic E-state index is 11.3. The molecule has 1 amide bonds. The number of benzene rings is 2. The summed E-state index contributed by atoms with van der Waals surface area (Å²) < 4.78 is 1.88. The minimum absolute atomic E-state index is 0.242. The second-order valence-corrected chi connectivity index (χ2v) is 4.68. The van der Waals surface area contributed by atoms with Crippen molar-refractivity contribution in [3.63, 3.8) is 0 Å². The summed E-state index contributed by atoms with van der Waals surface area (Å²) in [6.07, 6.45) is 1.83. The van der Waals surface area contributed by atoms with Crippen LogP contribution in [0.2, 0.25) is 0 Å². The molecule has 0 atom stereocenters. The van der Waals surface area contributed by atoms with Gasteiger partial charge in [-0.1, -0.05) is 6.07 Å². The number of hydrogen-bond donors (Lipinski definition) is 2. The number of fused-ring (bicyclic) bond motifs is 1. The van der Waals surface area contributed by atoms with Crippen molar-refractivity contribution in [2.75, 3.05) is 0 Å². The molecule has 0 radical (unpaired) electrons. The summed E-state index contributed by atoms with van der Waals surface area (Å²) in [6, 6.07) is 13.7. The molecule has 0 fully saturated rings. The standard InChI is InChI=1S/C16H12N2O3/c17-15(19)11-2-1-3-13(9-11)18-7-6-10-8-12(16(20)21)4-5-14(10)18/h1-9H,(H2,17,19)(H,20,21). The molecule has 21 heavy (non-hydrogen) atoms. The number of rotatable bonds is 3. The maximum Gasteiger partial charge on any atom is 0.335 e. The lowest BCUT2D eigenvalue weighted by atomic mass is 10.1. The van der Waals surface area contributed by atoms with Gasteiger partial charge in [0.05, 0.1) is 11.1 Å². The number of carboxylic acid groups (broad SMARTS) is 1. The Morgan fingerprint density at radius 1 is 1.00 bits per heavy atom. The van der Waals surface area contributed by atoms with Gasteiger partial charge >= 0.3 is 5.97 Å². The zero-order chi connectivity index (χ0) is 15.0. The summed E-state index contributed by atoms with van der Waals surface area (Å²) in [4.78, 5) is 22.2. The smallest absolute Gasteiger partial charge is 0.335 e. The molecule has 0 aliphatic heterocycles. The fraction of sp³-hybridized carbons (Fsp3) is 0. The predicted octanol–water partition coefficient (Wildman–Crippen LogP) is 2.43. The van der Waals surface area contributed by atoms with E-state index in [9.17, 15) is 9.59 Å². The molecule has 1 aromatic heterocycles. The summed E-state index contributed by atoms with van der Waals surface area (Å²) in [6.45, 7) is 0. The first-order valence-corrected chi connectivity index (χ1v) is 6.31. The number of aromatic carboxylic acids is 1. The van der Waals surface area contributed by atoms with Gasteiger partial charge in [0, 0.05) is 22.8 Å². The van der Waals surface area contributed by atoms with Crippen molar-refractivity contribution < 1.29 is 14.7 Å². The number of aromatic nitrogens is 1. The van der Waals surface area contributed by atoms with Crippen LogP contribution in [0.1, 0.15) is 20.7 Å². The van der Waals surface area contributed by atoms with Gasteiger partial charge in [-0.25, -0.2) is 4.79 Å². The zero-order valence-electron chi connectivity index (χ0n) is 11.0. The van der Waals surface area contributed by atoms with Gasteiger partial charge in [-0.05, 0) is 42.5 Å². The minimum Gasteiger partial charge on any atom is -0.478 e. The molecule has 5 nitrogen and oxygen atoms in total. The highest BCUT2D eigenvalue weighted by molar-refractivity contribution is 5.95. The molecular weight excluding hydrogens is 268 g/mol. The average molecular weight is 280 g/mol. The third-order valence-corrected chi connectivity index (χ3v) is 3.35. The first-order chi connectivity index (χ1) is 10.1. The summed E-state index contributed by atoms with van der Waals surface area (Å²) in [5, 5.41) is 9.83. The molecule has 104 valence electrons. The average Bonchev–Trinajstić information content (AvgIpc) is 2.90. The number of carbonyl (C=O) groups is 2. The molecule has 2 aromatic carbocycles. The first kappa shape index (κ1) is 12.9. The van der Waals surface area contributed by atoms with Crippen LogP contribution in [0.3, 0.4) is 0 Å². The van der Waals surface area contributed by atoms with Crippen molar-refractivity contribution in [1.29, 1.82) is 0 Å². The zero-order valence-corrected chi connectivity index (χ0v) is 11.0. The van der Waals surface area contributed by atoms with Crippen molar-refractivity contribution in [2.45, 2.75) is 0 Å². The van der Waals surface area contributed by atoms with E-state index in [0.29, 0.717) is 5.56 Å². The highest BCUT2D eigenvalue weighted by Gasteiger charge is 2.09. The highest BCUT2D eigenvalue weighted by Crippen LogP contribution is 2.22. The molecule has 0 aliphatic carbocycles. The van der Waals surface area contributed by atoms with Crippen LogP contribution in [-0.4, -0.2) is 21.6 Å². The number of nitrogens with two attached hydrogens (primary N) is 1. The maximum absolute atomic E-state index is 11.3. The van der Waals surface area contributed by atoms with E-state index in [1.54, 1.807) is 36.4 Å². The molecular formula is C16H12N2O3. The van der Waals surface area contributed by atoms with Gasteiger partial charge in [-0.3, -0.25) is 4.79 Å². The Kier molecular flexibility index (Phi) is 2.95. The van der Waals surface area contributed by atoms with E-state index in [0.717, 1.165) is 16.6 Å². The van der Waals surface area contributed by atoms with E-state index < -0.39 is 11.9 Å². The Hall–Kier alpha value is -3.08. The molecule has 0 spiro atoms. The second kappa shape index (κ2) is 4.79. The molecule has 0 bridgehead atoms. The molecule has 0 unspecified atom stereocenters. The lowest BCUT2D eigenvalue weighted by Crippen LogP contribution is -2.11. The Morgan fingerprint density at radius 3 is 2.52 bits per heavy atom. The van der Waals surface area contributed by atoms with Gasteiger partial charge in [0.25, 0.3) is 0 Å². The first-order valence-electron chi connectivity index (χ1n) is 6.31. The fourth-order valence-electron chi connectivity index (χ4n) is 2.31. The van der Waals surface area contributed by atoms with Crippen molar-refractivity contribution >= 4 is 22.8 Å². The Balaban J connectivity index is 2.15. The van der Waals surface area contributed by atoms with E-state index in [4.69, 9.17) is 10.8 Å². The topological polar surface area (TPSA) is 85.3 Å². The van der Waals surface area contributed by atoms with Crippen LogP contribution < -0.4 is 5.73 Å². The number of nitrogens with zero attached hydrogens (tertiary/aromatic N) is 1. The largest absolute Gasteiger partial charge is 0.478 e. The molecule has 3 aromatic rings. The van der Waals surface area contributed by atoms with Crippen molar-refractivity contribution in [1.82, 2.24) is 4.57 Å². The number of carboxylic acids is 1. The normalized spacial score (nSPS) is 10.7. The van der Waals surface area contributed by atoms with Crippen LogP contribution in [0.15, 0.2) is 54.7 Å². The summed E-state index contributed by atoms with van der Waals surface area (Å²) >= 11 is 0. The van der Waals surface area contributed by atoms with Gasteiger partial charge in [0.2, 0.25) is 5.91 Å². The lowest BCUT2D eigenvalue weighted by Gasteiger charge is -2.07.